The fourth-order valence-electron chi connectivity index (χ4n) is 3.03. The van der Waals surface area contributed by atoms with Gasteiger partial charge in [0, 0.05) is 23.5 Å². The van der Waals surface area contributed by atoms with Crippen molar-refractivity contribution in [2.75, 3.05) is 0 Å². The summed E-state index contributed by atoms with van der Waals surface area (Å²) in [6.45, 7) is 0. The maximum Gasteiger partial charge on any atom is 0.416 e. The van der Waals surface area contributed by atoms with E-state index in [1.165, 1.54) is 18.3 Å². The first kappa shape index (κ1) is 18.6. The Morgan fingerprint density at radius 2 is 1.70 bits per heavy atom. The van der Waals surface area contributed by atoms with Gasteiger partial charge in [-0.05, 0) is 42.2 Å². The first-order chi connectivity index (χ1) is 13.0. The molecule has 0 saturated carbocycles. The molecule has 0 unspecified atom stereocenters. The molecule has 0 spiro atoms. The van der Waals surface area contributed by atoms with Gasteiger partial charge in [-0.25, -0.2) is 0 Å². The van der Waals surface area contributed by atoms with Crippen molar-refractivity contribution in [3.05, 3.63) is 101 Å². The van der Waals surface area contributed by atoms with Crippen LogP contribution < -0.4 is 0 Å². The molecule has 3 nitrogen and oxygen atoms in total. The summed E-state index contributed by atoms with van der Waals surface area (Å²) in [7, 11) is 0. The molecule has 0 atom stereocenters. The standard InChI is InChI=1S/C21H17F3N2O/c22-21(23,24)19-10-4-9-18(20(26-27)16-8-5-13-25-14-16)17(19)12-11-15-6-2-1-3-7-15/h1-10,13-14,27H,11-12H2. The van der Waals surface area contributed by atoms with E-state index >= 15 is 0 Å². The van der Waals surface area contributed by atoms with Gasteiger partial charge in [-0.2, -0.15) is 13.2 Å². The van der Waals surface area contributed by atoms with Crippen LogP contribution in [0.4, 0.5) is 13.2 Å². The second kappa shape index (κ2) is 8.03. The number of rotatable bonds is 5. The van der Waals surface area contributed by atoms with Crippen LogP contribution in [0.25, 0.3) is 0 Å². The van der Waals surface area contributed by atoms with Crippen LogP contribution in [-0.2, 0) is 19.0 Å². The van der Waals surface area contributed by atoms with Crippen LogP contribution in [-0.4, -0.2) is 15.9 Å². The Hall–Kier alpha value is -3.15. The van der Waals surface area contributed by atoms with Gasteiger partial charge in [-0.15, -0.1) is 0 Å². The zero-order valence-electron chi connectivity index (χ0n) is 14.3. The van der Waals surface area contributed by atoms with E-state index in [0.29, 0.717) is 12.0 Å². The van der Waals surface area contributed by atoms with Crippen LogP contribution in [0.2, 0.25) is 0 Å². The summed E-state index contributed by atoms with van der Waals surface area (Å²) in [4.78, 5) is 3.96. The fraction of sp³-hybridized carbons (Fsp3) is 0.143. The number of oxime groups is 1. The van der Waals surface area contributed by atoms with Gasteiger partial charge in [0.15, 0.2) is 0 Å². The quantitative estimate of drug-likeness (QED) is 0.385. The Bertz CT molecular complexity index is 923. The Balaban J connectivity index is 2.08. The molecule has 2 aromatic carbocycles. The summed E-state index contributed by atoms with van der Waals surface area (Å²) >= 11 is 0. The fourth-order valence-corrected chi connectivity index (χ4v) is 3.03. The Morgan fingerprint density at radius 3 is 2.33 bits per heavy atom. The Labute approximate surface area is 154 Å². The van der Waals surface area contributed by atoms with E-state index in [1.54, 1.807) is 18.3 Å². The molecule has 0 amide bonds. The third-order valence-corrected chi connectivity index (χ3v) is 4.28. The largest absolute Gasteiger partial charge is 0.416 e. The van der Waals surface area contributed by atoms with E-state index in [2.05, 4.69) is 10.1 Å². The lowest BCUT2D eigenvalue weighted by Gasteiger charge is -2.18. The van der Waals surface area contributed by atoms with Gasteiger partial charge in [0.2, 0.25) is 0 Å². The summed E-state index contributed by atoms with van der Waals surface area (Å²) < 4.78 is 40.8. The van der Waals surface area contributed by atoms with Crippen LogP contribution >= 0.6 is 0 Å². The van der Waals surface area contributed by atoms with Crippen molar-refractivity contribution in [3.8, 4) is 0 Å². The summed E-state index contributed by atoms with van der Waals surface area (Å²) in [5.41, 5.74) is 1.07. The minimum Gasteiger partial charge on any atom is -0.410 e. The van der Waals surface area contributed by atoms with Gasteiger partial charge in [0.25, 0.3) is 0 Å². The van der Waals surface area contributed by atoms with Crippen molar-refractivity contribution in [1.29, 1.82) is 0 Å². The maximum atomic E-state index is 13.6. The van der Waals surface area contributed by atoms with E-state index in [1.807, 2.05) is 30.3 Å². The number of aryl methyl sites for hydroxylation is 1. The highest BCUT2D eigenvalue weighted by Gasteiger charge is 2.34. The van der Waals surface area contributed by atoms with Crippen molar-refractivity contribution in [2.24, 2.45) is 5.16 Å². The number of pyridine rings is 1. The minimum atomic E-state index is -4.50. The number of nitrogens with zero attached hydrogens (tertiary/aromatic N) is 2. The summed E-state index contributed by atoms with van der Waals surface area (Å²) in [5, 5.41) is 12.8. The molecule has 0 aliphatic carbocycles. The van der Waals surface area contributed by atoms with E-state index in [-0.39, 0.29) is 23.3 Å². The second-order valence-electron chi connectivity index (χ2n) is 6.01. The van der Waals surface area contributed by atoms with Crippen molar-refractivity contribution in [3.63, 3.8) is 0 Å². The number of benzene rings is 2. The Kier molecular flexibility index (Phi) is 5.54. The van der Waals surface area contributed by atoms with Gasteiger partial charge in [0.1, 0.15) is 5.71 Å². The summed E-state index contributed by atoms with van der Waals surface area (Å²) in [6.07, 6.45) is -0.907. The van der Waals surface area contributed by atoms with Crippen LogP contribution in [0.5, 0.6) is 0 Å². The lowest BCUT2D eigenvalue weighted by atomic mass is 9.90. The minimum absolute atomic E-state index is 0.0669. The molecule has 138 valence electrons. The van der Waals surface area contributed by atoms with Crippen molar-refractivity contribution >= 4 is 5.71 Å². The third-order valence-electron chi connectivity index (χ3n) is 4.28. The van der Waals surface area contributed by atoms with Gasteiger partial charge in [0.05, 0.1) is 5.56 Å². The molecule has 0 bridgehead atoms. The topological polar surface area (TPSA) is 45.5 Å². The van der Waals surface area contributed by atoms with E-state index in [4.69, 9.17) is 0 Å². The molecule has 0 aliphatic heterocycles. The molecule has 1 heterocycles. The van der Waals surface area contributed by atoms with Gasteiger partial charge in [-0.3, -0.25) is 4.98 Å². The highest BCUT2D eigenvalue weighted by molar-refractivity contribution is 6.13. The molecule has 1 aromatic heterocycles. The van der Waals surface area contributed by atoms with Crippen molar-refractivity contribution in [1.82, 2.24) is 4.98 Å². The lowest BCUT2D eigenvalue weighted by molar-refractivity contribution is -0.138. The Morgan fingerprint density at radius 1 is 0.926 bits per heavy atom. The van der Waals surface area contributed by atoms with Gasteiger partial charge < -0.3 is 5.21 Å². The number of hydrogen-bond acceptors (Lipinski definition) is 3. The van der Waals surface area contributed by atoms with Crippen molar-refractivity contribution < 1.29 is 18.4 Å². The first-order valence-corrected chi connectivity index (χ1v) is 8.36. The monoisotopic (exact) mass is 370 g/mol. The molecule has 0 fully saturated rings. The molecule has 3 aromatic rings. The SMILES string of the molecule is ON=C(c1cccnc1)c1cccc(C(F)(F)F)c1CCc1ccccc1. The van der Waals surface area contributed by atoms with Crippen LogP contribution in [0, 0.1) is 0 Å². The molecular weight excluding hydrogens is 353 g/mol. The second-order valence-corrected chi connectivity index (χ2v) is 6.01. The molecule has 0 radical (unpaired) electrons. The highest BCUT2D eigenvalue weighted by Crippen LogP contribution is 2.35. The first-order valence-electron chi connectivity index (χ1n) is 8.36. The zero-order valence-corrected chi connectivity index (χ0v) is 14.3. The van der Waals surface area contributed by atoms with Crippen molar-refractivity contribution in [2.45, 2.75) is 19.0 Å². The zero-order chi connectivity index (χ0) is 19.3. The number of aromatic nitrogens is 1. The van der Waals surface area contributed by atoms with E-state index < -0.39 is 11.7 Å². The van der Waals surface area contributed by atoms with Gasteiger partial charge in [-0.1, -0.05) is 47.6 Å². The molecule has 0 aliphatic rings. The average molecular weight is 370 g/mol. The number of hydrogen-bond donors (Lipinski definition) is 1. The van der Waals surface area contributed by atoms with Gasteiger partial charge >= 0.3 is 6.18 Å². The van der Waals surface area contributed by atoms with Crippen LogP contribution in [0.1, 0.15) is 27.8 Å². The van der Waals surface area contributed by atoms with E-state index in [0.717, 1.165) is 11.6 Å². The summed E-state index contributed by atoms with van der Waals surface area (Å²) in [6, 6.07) is 16.5. The highest BCUT2D eigenvalue weighted by atomic mass is 19.4. The molecule has 6 heteroatoms. The lowest BCUT2D eigenvalue weighted by Crippen LogP contribution is -2.16. The molecule has 27 heavy (non-hydrogen) atoms. The number of alkyl halides is 3. The van der Waals surface area contributed by atoms with Crippen LogP contribution in [0.15, 0.2) is 78.2 Å². The molecule has 1 N–H and O–H groups in total. The average Bonchev–Trinajstić information content (AvgIpc) is 2.68. The smallest absolute Gasteiger partial charge is 0.410 e. The maximum absolute atomic E-state index is 13.6. The molecule has 0 saturated heterocycles. The van der Waals surface area contributed by atoms with E-state index in [9.17, 15) is 18.4 Å². The third kappa shape index (κ3) is 4.34. The summed E-state index contributed by atoms with van der Waals surface area (Å²) in [5.74, 6) is 0. The predicted molar refractivity (Wildman–Crippen MR) is 97.0 cm³/mol. The van der Waals surface area contributed by atoms with Crippen LogP contribution in [0.3, 0.4) is 0 Å². The normalized spacial score (nSPS) is 12.2. The predicted octanol–water partition coefficient (Wildman–Crippen LogP) is 5.11. The molecular formula is C21H17F3N2O. The number of halogens is 3. The molecule has 3 rings (SSSR count).